The van der Waals surface area contributed by atoms with E-state index >= 15 is 0 Å². The molecule has 0 spiro atoms. The molecule has 2 heteroatoms. The van der Waals surface area contributed by atoms with Crippen LogP contribution >= 0.6 is 0 Å². The van der Waals surface area contributed by atoms with Gasteiger partial charge >= 0.3 is 0 Å². The van der Waals surface area contributed by atoms with Gasteiger partial charge in [0.2, 0.25) is 0 Å². The highest BCUT2D eigenvalue weighted by Crippen LogP contribution is 2.28. The fourth-order valence-corrected chi connectivity index (χ4v) is 5.03. The number of hydrogen-bond acceptors (Lipinski definition) is 1. The van der Waals surface area contributed by atoms with Crippen molar-refractivity contribution in [3.05, 3.63) is 83.0 Å². The van der Waals surface area contributed by atoms with Gasteiger partial charge in [-0.05, 0) is 72.3 Å². The Hall–Kier alpha value is -2.61. The van der Waals surface area contributed by atoms with E-state index in [0.717, 1.165) is 39.0 Å². The van der Waals surface area contributed by atoms with E-state index in [9.17, 15) is 0 Å². The van der Waals surface area contributed by atoms with Gasteiger partial charge in [0, 0.05) is 43.8 Å². The monoisotopic (exact) mass is 499 g/mol. The molecule has 1 aromatic rings. The third-order valence-electron chi connectivity index (χ3n) is 7.42. The summed E-state index contributed by atoms with van der Waals surface area (Å²) in [5.74, 6) is 0. The Balaban J connectivity index is 1.65. The second-order valence-corrected chi connectivity index (χ2v) is 10.7. The van der Waals surface area contributed by atoms with E-state index in [-0.39, 0.29) is 0 Å². The molecule has 0 unspecified atom stereocenters. The molecule has 1 aromatic carbocycles. The number of rotatable bonds is 15. The standard InChI is InChI=1S/C35H51N2/c1-5-9-23-36(24-10-6-2)34-19-15-30(16-20-34)27-32-13-14-33(29-32)28-31-17-21-35(22-18-31)37(25-11-7-3)26-12-8-4/h15-22,27-29H,5-14,23-26H2,1-4H3/q+1. The SMILES string of the molecule is CCCCN(CCCC)c1ccc(/C=C2/C=C(C=C3C=CC(=[N+](CCCC)CCCC)C=C3)CC2)cc1. The summed E-state index contributed by atoms with van der Waals surface area (Å²) in [5, 5.41) is 0. The summed E-state index contributed by atoms with van der Waals surface area (Å²) < 4.78 is 2.56. The minimum Gasteiger partial charge on any atom is -0.372 e. The number of allylic oxidation sites excluding steroid dienone is 9. The van der Waals surface area contributed by atoms with E-state index in [1.165, 1.54) is 85.0 Å². The maximum Gasteiger partial charge on any atom is 0.199 e. The number of hydrogen-bond donors (Lipinski definition) is 0. The molecule has 37 heavy (non-hydrogen) atoms. The molecule has 0 heterocycles. The number of nitrogens with zero attached hydrogens (tertiary/aromatic N) is 2. The van der Waals surface area contributed by atoms with Crippen molar-refractivity contribution in [2.45, 2.75) is 91.9 Å². The molecule has 200 valence electrons. The molecule has 2 aliphatic carbocycles. The van der Waals surface area contributed by atoms with E-state index in [4.69, 9.17) is 0 Å². The normalized spacial score (nSPS) is 16.0. The summed E-state index contributed by atoms with van der Waals surface area (Å²) in [4.78, 5) is 2.56. The number of unbranched alkanes of at least 4 members (excludes halogenated alkanes) is 4. The van der Waals surface area contributed by atoms with E-state index in [2.05, 4.69) is 104 Å². The maximum atomic E-state index is 2.56. The first-order valence-corrected chi connectivity index (χ1v) is 15.1. The number of anilines is 1. The molecule has 0 saturated heterocycles. The molecule has 2 nitrogen and oxygen atoms in total. The predicted molar refractivity (Wildman–Crippen MR) is 165 cm³/mol. The second kappa shape index (κ2) is 16.3. The lowest BCUT2D eigenvalue weighted by atomic mass is 10.0. The molecule has 0 saturated carbocycles. The highest BCUT2D eigenvalue weighted by Gasteiger charge is 2.13. The van der Waals surface area contributed by atoms with Gasteiger partial charge in [-0.15, -0.1) is 0 Å². The first-order chi connectivity index (χ1) is 18.2. The first kappa shape index (κ1) is 29.0. The third-order valence-corrected chi connectivity index (χ3v) is 7.42. The molecule has 0 N–H and O–H groups in total. The van der Waals surface area contributed by atoms with Gasteiger partial charge < -0.3 is 4.90 Å². The molecule has 0 aromatic heterocycles. The van der Waals surface area contributed by atoms with Crippen LogP contribution in [0.2, 0.25) is 0 Å². The fraction of sp³-hybridized carbons (Fsp3) is 0.514. The van der Waals surface area contributed by atoms with Crippen LogP contribution in [0.1, 0.15) is 97.5 Å². The first-order valence-electron chi connectivity index (χ1n) is 15.1. The summed E-state index contributed by atoms with van der Waals surface area (Å²) in [6.45, 7) is 13.8. The Labute approximate surface area is 227 Å². The summed E-state index contributed by atoms with van der Waals surface area (Å²) in [6.07, 6.45) is 28.7. The molecule has 0 fully saturated rings. The van der Waals surface area contributed by atoms with Gasteiger partial charge in [-0.3, -0.25) is 0 Å². The van der Waals surface area contributed by atoms with E-state index in [1.54, 1.807) is 0 Å². The minimum absolute atomic E-state index is 1.13. The zero-order valence-electron chi connectivity index (χ0n) is 24.1. The van der Waals surface area contributed by atoms with Crippen molar-refractivity contribution in [2.24, 2.45) is 0 Å². The molecular formula is C35H51N2+. The second-order valence-electron chi connectivity index (χ2n) is 10.7. The Morgan fingerprint density at radius 1 is 0.703 bits per heavy atom. The van der Waals surface area contributed by atoms with Crippen LogP contribution in [0.15, 0.2) is 77.4 Å². The molecular weight excluding hydrogens is 448 g/mol. The maximum absolute atomic E-state index is 2.56. The van der Waals surface area contributed by atoms with Gasteiger partial charge in [0.25, 0.3) is 0 Å². The summed E-state index contributed by atoms with van der Waals surface area (Å²) in [5.41, 5.74) is 8.24. The van der Waals surface area contributed by atoms with Gasteiger partial charge in [-0.1, -0.05) is 83.7 Å². The van der Waals surface area contributed by atoms with E-state index in [0.29, 0.717) is 0 Å². The quantitative estimate of drug-likeness (QED) is 0.218. The third kappa shape index (κ3) is 9.65. The Morgan fingerprint density at radius 3 is 1.86 bits per heavy atom. The Kier molecular flexibility index (Phi) is 12.7. The van der Waals surface area contributed by atoms with Gasteiger partial charge in [-0.2, -0.15) is 0 Å². The molecule has 0 aliphatic heterocycles. The molecule has 0 radical (unpaired) electrons. The van der Waals surface area contributed by atoms with Crippen LogP contribution in [0.3, 0.4) is 0 Å². The van der Waals surface area contributed by atoms with Gasteiger partial charge in [-0.25, -0.2) is 4.58 Å². The topological polar surface area (TPSA) is 6.25 Å². The van der Waals surface area contributed by atoms with Crippen LogP contribution in [-0.2, 0) is 0 Å². The highest BCUT2D eigenvalue weighted by atomic mass is 15.1. The number of benzene rings is 1. The molecule has 0 amide bonds. The highest BCUT2D eigenvalue weighted by molar-refractivity contribution is 6.02. The zero-order valence-corrected chi connectivity index (χ0v) is 24.1. The van der Waals surface area contributed by atoms with Crippen molar-refractivity contribution in [1.29, 1.82) is 0 Å². The molecule has 0 bridgehead atoms. The Morgan fingerprint density at radius 2 is 1.30 bits per heavy atom. The minimum atomic E-state index is 1.13. The average Bonchev–Trinajstić information content (AvgIpc) is 3.36. The van der Waals surface area contributed by atoms with Crippen LogP contribution < -0.4 is 4.90 Å². The average molecular weight is 500 g/mol. The molecule has 3 rings (SSSR count). The van der Waals surface area contributed by atoms with Gasteiger partial charge in [0.1, 0.15) is 13.1 Å². The van der Waals surface area contributed by atoms with Crippen molar-refractivity contribution >= 4 is 17.5 Å². The largest absolute Gasteiger partial charge is 0.372 e. The summed E-state index contributed by atoms with van der Waals surface area (Å²) >= 11 is 0. The lowest BCUT2D eigenvalue weighted by molar-refractivity contribution is -0.527. The lowest BCUT2D eigenvalue weighted by Crippen LogP contribution is -2.25. The predicted octanol–water partition coefficient (Wildman–Crippen LogP) is 9.30. The van der Waals surface area contributed by atoms with Gasteiger partial charge in [0.15, 0.2) is 5.71 Å². The van der Waals surface area contributed by atoms with Crippen molar-refractivity contribution in [2.75, 3.05) is 31.1 Å². The van der Waals surface area contributed by atoms with Crippen molar-refractivity contribution in [3.8, 4) is 0 Å². The van der Waals surface area contributed by atoms with Crippen LogP contribution in [-0.4, -0.2) is 36.5 Å². The van der Waals surface area contributed by atoms with Gasteiger partial charge in [0.05, 0.1) is 0 Å². The van der Waals surface area contributed by atoms with E-state index < -0.39 is 0 Å². The van der Waals surface area contributed by atoms with Crippen molar-refractivity contribution < 1.29 is 4.58 Å². The Bertz CT molecular complexity index is 978. The zero-order chi connectivity index (χ0) is 26.3. The molecule has 2 aliphatic rings. The van der Waals surface area contributed by atoms with Crippen molar-refractivity contribution in [3.63, 3.8) is 0 Å². The molecule has 0 atom stereocenters. The van der Waals surface area contributed by atoms with Crippen LogP contribution in [0.25, 0.3) is 6.08 Å². The smallest absolute Gasteiger partial charge is 0.199 e. The van der Waals surface area contributed by atoms with Crippen molar-refractivity contribution in [1.82, 2.24) is 0 Å². The lowest BCUT2D eigenvalue weighted by Gasteiger charge is -2.24. The summed E-state index contributed by atoms with van der Waals surface area (Å²) in [7, 11) is 0. The van der Waals surface area contributed by atoms with E-state index in [1.807, 2.05) is 0 Å². The summed E-state index contributed by atoms with van der Waals surface area (Å²) in [6, 6.07) is 9.22. The van der Waals surface area contributed by atoms with Crippen LogP contribution in [0.4, 0.5) is 5.69 Å². The van der Waals surface area contributed by atoms with Crippen LogP contribution in [0, 0.1) is 0 Å². The van der Waals surface area contributed by atoms with Crippen LogP contribution in [0.5, 0.6) is 0 Å². The fourth-order valence-electron chi connectivity index (χ4n) is 5.03.